The van der Waals surface area contributed by atoms with Crippen molar-refractivity contribution in [3.8, 4) is 0 Å². The van der Waals surface area contributed by atoms with Gasteiger partial charge in [0.2, 0.25) is 0 Å². The molecule has 0 heterocycles. The molecule has 0 radical (unpaired) electrons. The number of hydrogen-bond acceptors (Lipinski definition) is 2. The highest BCUT2D eigenvalue weighted by Crippen LogP contribution is 2.44. The van der Waals surface area contributed by atoms with Crippen LogP contribution in [0.3, 0.4) is 0 Å². The summed E-state index contributed by atoms with van der Waals surface area (Å²) in [6.07, 6.45) is 3.77. The Morgan fingerprint density at radius 2 is 1.70 bits per heavy atom. The highest BCUT2D eigenvalue weighted by molar-refractivity contribution is 5.95. The summed E-state index contributed by atoms with van der Waals surface area (Å²) in [5.74, 6) is -0.0339. The number of amides is 1. The minimum Gasteiger partial charge on any atom is -0.396 e. The van der Waals surface area contributed by atoms with Crippen LogP contribution in [0.4, 0.5) is 0 Å². The Morgan fingerprint density at radius 1 is 1.00 bits per heavy atom. The van der Waals surface area contributed by atoms with Gasteiger partial charge >= 0.3 is 0 Å². The van der Waals surface area contributed by atoms with E-state index >= 15 is 0 Å². The van der Waals surface area contributed by atoms with Gasteiger partial charge in [0, 0.05) is 17.5 Å². The van der Waals surface area contributed by atoms with Gasteiger partial charge in [-0.3, -0.25) is 4.79 Å². The van der Waals surface area contributed by atoms with Gasteiger partial charge in [-0.05, 0) is 42.9 Å². The lowest BCUT2D eigenvalue weighted by atomic mass is 9.99. The molecule has 0 bridgehead atoms. The first-order valence-corrected chi connectivity index (χ1v) is 8.23. The van der Waals surface area contributed by atoms with Crippen molar-refractivity contribution in [1.29, 1.82) is 0 Å². The molecular formula is C20H23NO2. The predicted octanol–water partition coefficient (Wildman–Crippen LogP) is 2.97. The van der Waals surface area contributed by atoms with Crippen LogP contribution in [0.15, 0.2) is 54.6 Å². The second-order valence-corrected chi connectivity index (χ2v) is 6.48. The number of aliphatic hydroxyl groups excluding tert-OH is 1. The molecule has 0 saturated heterocycles. The normalized spacial score (nSPS) is 15.2. The van der Waals surface area contributed by atoms with Crippen LogP contribution in [0.25, 0.3) is 0 Å². The van der Waals surface area contributed by atoms with Crippen LogP contribution in [0.2, 0.25) is 0 Å². The SMILES string of the molecule is O=C(NCC1(CO)CC1)c1ccccc1CCc1ccccc1. The smallest absolute Gasteiger partial charge is 0.251 e. The maximum atomic E-state index is 12.5. The second-order valence-electron chi connectivity index (χ2n) is 6.48. The van der Waals surface area contributed by atoms with Crippen molar-refractivity contribution in [3.63, 3.8) is 0 Å². The van der Waals surface area contributed by atoms with Gasteiger partial charge < -0.3 is 10.4 Å². The number of hydrogen-bond donors (Lipinski definition) is 2. The summed E-state index contributed by atoms with van der Waals surface area (Å²) >= 11 is 0. The van der Waals surface area contributed by atoms with Crippen molar-refractivity contribution < 1.29 is 9.90 Å². The highest BCUT2D eigenvalue weighted by atomic mass is 16.3. The van der Waals surface area contributed by atoms with Crippen molar-refractivity contribution in [3.05, 3.63) is 71.3 Å². The van der Waals surface area contributed by atoms with Gasteiger partial charge in [-0.2, -0.15) is 0 Å². The predicted molar refractivity (Wildman–Crippen MR) is 91.4 cm³/mol. The van der Waals surface area contributed by atoms with Crippen LogP contribution >= 0.6 is 0 Å². The fourth-order valence-electron chi connectivity index (χ4n) is 2.81. The average Bonchev–Trinajstić information content (AvgIpc) is 3.40. The van der Waals surface area contributed by atoms with Crippen LogP contribution in [0.5, 0.6) is 0 Å². The molecule has 2 aromatic carbocycles. The monoisotopic (exact) mass is 309 g/mol. The Kier molecular flexibility index (Phi) is 4.77. The van der Waals surface area contributed by atoms with E-state index in [-0.39, 0.29) is 17.9 Å². The molecule has 3 heteroatoms. The molecule has 0 spiro atoms. The summed E-state index contributed by atoms with van der Waals surface area (Å²) in [6.45, 7) is 0.721. The Labute approximate surface area is 137 Å². The third-order valence-corrected chi connectivity index (χ3v) is 4.70. The quantitative estimate of drug-likeness (QED) is 0.826. The van der Waals surface area contributed by atoms with E-state index in [1.54, 1.807) is 0 Å². The molecule has 3 nitrogen and oxygen atoms in total. The molecule has 1 aliphatic carbocycles. The van der Waals surface area contributed by atoms with E-state index in [0.29, 0.717) is 6.54 Å². The topological polar surface area (TPSA) is 49.3 Å². The lowest BCUT2D eigenvalue weighted by molar-refractivity contribution is 0.0934. The zero-order chi connectivity index (χ0) is 16.1. The van der Waals surface area contributed by atoms with Gasteiger partial charge in [-0.25, -0.2) is 0 Å². The summed E-state index contributed by atoms with van der Waals surface area (Å²) in [5, 5.41) is 12.3. The summed E-state index contributed by atoms with van der Waals surface area (Å²) in [5.41, 5.74) is 3.04. The zero-order valence-corrected chi connectivity index (χ0v) is 13.3. The first-order chi connectivity index (χ1) is 11.2. The average molecular weight is 309 g/mol. The van der Waals surface area contributed by atoms with Gasteiger partial charge in [-0.15, -0.1) is 0 Å². The largest absolute Gasteiger partial charge is 0.396 e. The Bertz CT molecular complexity index is 662. The summed E-state index contributed by atoms with van der Waals surface area (Å²) in [6, 6.07) is 18.1. The molecule has 1 aliphatic rings. The van der Waals surface area contributed by atoms with Crippen LogP contribution in [-0.4, -0.2) is 24.2 Å². The number of benzene rings is 2. The fraction of sp³-hybridized carbons (Fsp3) is 0.350. The number of carbonyl (C=O) groups excluding carboxylic acids is 1. The van der Waals surface area contributed by atoms with Gasteiger partial charge in [0.05, 0.1) is 6.61 Å². The summed E-state index contributed by atoms with van der Waals surface area (Å²) in [4.78, 5) is 12.5. The van der Waals surface area contributed by atoms with E-state index < -0.39 is 0 Å². The molecule has 1 fully saturated rings. The number of nitrogens with one attached hydrogen (secondary N) is 1. The molecule has 120 valence electrons. The molecule has 1 saturated carbocycles. The van der Waals surface area contributed by atoms with E-state index in [2.05, 4.69) is 17.4 Å². The minimum atomic E-state index is -0.0609. The molecule has 2 N–H and O–H groups in total. The number of carbonyl (C=O) groups is 1. The van der Waals surface area contributed by atoms with Gasteiger partial charge in [0.15, 0.2) is 0 Å². The van der Waals surface area contributed by atoms with Gasteiger partial charge in [0.25, 0.3) is 5.91 Å². The first kappa shape index (κ1) is 15.8. The van der Waals surface area contributed by atoms with Crippen molar-refractivity contribution in [1.82, 2.24) is 5.32 Å². The molecule has 0 atom stereocenters. The van der Waals surface area contributed by atoms with Crippen LogP contribution in [0.1, 0.15) is 34.3 Å². The van der Waals surface area contributed by atoms with Crippen molar-refractivity contribution >= 4 is 5.91 Å². The molecule has 2 aromatic rings. The standard InChI is InChI=1S/C20H23NO2/c22-15-20(12-13-20)14-21-19(23)18-9-5-4-8-17(18)11-10-16-6-2-1-3-7-16/h1-9,22H,10-15H2,(H,21,23). The van der Waals surface area contributed by atoms with Crippen molar-refractivity contribution in [2.75, 3.05) is 13.2 Å². The van der Waals surface area contributed by atoms with E-state index in [4.69, 9.17) is 0 Å². The highest BCUT2D eigenvalue weighted by Gasteiger charge is 2.42. The number of aliphatic hydroxyl groups is 1. The van der Waals surface area contributed by atoms with Crippen molar-refractivity contribution in [2.24, 2.45) is 5.41 Å². The molecule has 0 aliphatic heterocycles. The van der Waals surface area contributed by atoms with E-state index in [1.807, 2.05) is 42.5 Å². The second kappa shape index (κ2) is 6.97. The van der Waals surface area contributed by atoms with Crippen molar-refractivity contribution in [2.45, 2.75) is 25.7 Å². The van der Waals surface area contributed by atoms with Crippen LogP contribution in [0, 0.1) is 5.41 Å². The minimum absolute atomic E-state index is 0.0339. The third-order valence-electron chi connectivity index (χ3n) is 4.70. The molecular weight excluding hydrogens is 286 g/mol. The summed E-state index contributed by atoms with van der Waals surface area (Å²) < 4.78 is 0. The number of aryl methyl sites for hydroxylation is 2. The zero-order valence-electron chi connectivity index (χ0n) is 13.3. The molecule has 0 unspecified atom stereocenters. The molecule has 3 rings (SSSR count). The Hall–Kier alpha value is -2.13. The van der Waals surface area contributed by atoms with E-state index in [1.165, 1.54) is 5.56 Å². The van der Waals surface area contributed by atoms with Gasteiger partial charge in [-0.1, -0.05) is 48.5 Å². The first-order valence-electron chi connectivity index (χ1n) is 8.23. The summed E-state index contributed by atoms with van der Waals surface area (Å²) in [7, 11) is 0. The van der Waals surface area contributed by atoms with Crippen LogP contribution < -0.4 is 5.32 Å². The molecule has 23 heavy (non-hydrogen) atoms. The maximum absolute atomic E-state index is 12.5. The Morgan fingerprint density at radius 3 is 2.39 bits per heavy atom. The molecule has 0 aromatic heterocycles. The Balaban J connectivity index is 1.64. The van der Waals surface area contributed by atoms with Crippen LogP contribution in [-0.2, 0) is 12.8 Å². The lowest BCUT2D eigenvalue weighted by Gasteiger charge is -2.14. The lowest BCUT2D eigenvalue weighted by Crippen LogP contribution is -2.32. The number of rotatable bonds is 7. The van der Waals surface area contributed by atoms with Gasteiger partial charge in [0.1, 0.15) is 0 Å². The maximum Gasteiger partial charge on any atom is 0.251 e. The van der Waals surface area contributed by atoms with E-state index in [9.17, 15) is 9.90 Å². The molecule has 1 amide bonds. The fourth-order valence-corrected chi connectivity index (χ4v) is 2.81. The van der Waals surface area contributed by atoms with E-state index in [0.717, 1.165) is 36.8 Å². The third kappa shape index (κ3) is 3.99.